The van der Waals surface area contributed by atoms with E-state index in [0.717, 1.165) is 27.0 Å². The number of thioether (sulfide) groups is 1. The molecule has 0 aromatic heterocycles. The molecule has 128 valence electrons. The van der Waals surface area contributed by atoms with Crippen LogP contribution in [0.3, 0.4) is 0 Å². The molecule has 3 aromatic rings. The Labute approximate surface area is 152 Å². The van der Waals surface area contributed by atoms with Gasteiger partial charge in [0.05, 0.1) is 12.9 Å². The van der Waals surface area contributed by atoms with Crippen LogP contribution >= 0.6 is 11.8 Å². The van der Waals surface area contributed by atoms with Gasteiger partial charge >= 0.3 is 0 Å². The van der Waals surface area contributed by atoms with E-state index in [0.29, 0.717) is 12.3 Å². The number of carbonyl (C=O) groups excluding carboxylic acids is 1. The number of carbonyl (C=O) groups is 1. The van der Waals surface area contributed by atoms with E-state index in [4.69, 9.17) is 4.74 Å². The molecule has 0 saturated carbocycles. The fraction of sp³-hybridized carbons (Fsp3) is 0.190. The zero-order chi connectivity index (χ0) is 17.6. The number of aryl methyl sites for hydroxylation is 1. The molecule has 0 spiro atoms. The molecule has 3 aromatic carbocycles. The first-order chi connectivity index (χ1) is 12.2. The van der Waals surface area contributed by atoms with Gasteiger partial charge in [0.25, 0.3) is 0 Å². The lowest BCUT2D eigenvalue weighted by Crippen LogP contribution is -2.24. The van der Waals surface area contributed by atoms with Crippen molar-refractivity contribution in [2.24, 2.45) is 0 Å². The van der Waals surface area contributed by atoms with Crippen LogP contribution in [0.1, 0.15) is 11.1 Å². The molecule has 0 aliphatic carbocycles. The molecule has 0 aliphatic heterocycles. The maximum absolute atomic E-state index is 12.1. The summed E-state index contributed by atoms with van der Waals surface area (Å²) in [6.45, 7) is 2.60. The first-order valence-corrected chi connectivity index (χ1v) is 9.16. The SMILES string of the molecule is COc1ccc2cc(CNC(=O)CSc3ccccc3C)ccc2c1. The molecule has 0 saturated heterocycles. The monoisotopic (exact) mass is 351 g/mol. The third kappa shape index (κ3) is 4.54. The molecule has 1 amide bonds. The second kappa shape index (κ2) is 8.08. The maximum Gasteiger partial charge on any atom is 0.230 e. The quantitative estimate of drug-likeness (QED) is 0.661. The van der Waals surface area contributed by atoms with Gasteiger partial charge in [0.15, 0.2) is 0 Å². The van der Waals surface area contributed by atoms with Crippen LogP contribution in [-0.2, 0) is 11.3 Å². The molecule has 4 heteroatoms. The summed E-state index contributed by atoms with van der Waals surface area (Å²) in [7, 11) is 1.67. The highest BCUT2D eigenvalue weighted by atomic mass is 32.2. The van der Waals surface area contributed by atoms with Crippen LogP contribution in [0.2, 0.25) is 0 Å². The lowest BCUT2D eigenvalue weighted by atomic mass is 10.1. The van der Waals surface area contributed by atoms with E-state index in [-0.39, 0.29) is 5.91 Å². The minimum Gasteiger partial charge on any atom is -0.497 e. The molecule has 0 fully saturated rings. The summed E-state index contributed by atoms with van der Waals surface area (Å²) in [4.78, 5) is 13.2. The van der Waals surface area contributed by atoms with Gasteiger partial charge in [-0.2, -0.15) is 0 Å². The maximum atomic E-state index is 12.1. The number of rotatable bonds is 6. The molecule has 25 heavy (non-hydrogen) atoms. The number of ether oxygens (including phenoxy) is 1. The average Bonchev–Trinajstić information content (AvgIpc) is 2.65. The lowest BCUT2D eigenvalue weighted by molar-refractivity contribution is -0.118. The third-order valence-electron chi connectivity index (χ3n) is 4.05. The van der Waals surface area contributed by atoms with E-state index in [9.17, 15) is 4.79 Å². The minimum atomic E-state index is 0.0445. The predicted molar refractivity (Wildman–Crippen MR) is 104 cm³/mol. The van der Waals surface area contributed by atoms with Gasteiger partial charge in [-0.05, 0) is 53.1 Å². The van der Waals surface area contributed by atoms with Gasteiger partial charge in [-0.3, -0.25) is 4.79 Å². The first kappa shape index (κ1) is 17.4. The van der Waals surface area contributed by atoms with Crippen LogP contribution in [-0.4, -0.2) is 18.8 Å². The first-order valence-electron chi connectivity index (χ1n) is 8.17. The average molecular weight is 351 g/mol. The van der Waals surface area contributed by atoms with E-state index < -0.39 is 0 Å². The molecule has 0 unspecified atom stereocenters. The Hall–Kier alpha value is -2.46. The van der Waals surface area contributed by atoms with Gasteiger partial charge in [-0.25, -0.2) is 0 Å². The van der Waals surface area contributed by atoms with E-state index in [1.807, 2.05) is 42.5 Å². The third-order valence-corrected chi connectivity index (χ3v) is 5.23. The predicted octanol–water partition coefficient (Wildman–Crippen LogP) is 4.57. The molecule has 0 atom stereocenters. The molecule has 3 nitrogen and oxygen atoms in total. The topological polar surface area (TPSA) is 38.3 Å². The van der Waals surface area contributed by atoms with Crippen molar-refractivity contribution in [2.75, 3.05) is 12.9 Å². The Balaban J connectivity index is 1.56. The second-order valence-corrected chi connectivity index (χ2v) is 6.90. The van der Waals surface area contributed by atoms with Gasteiger partial charge < -0.3 is 10.1 Å². The summed E-state index contributed by atoms with van der Waals surface area (Å²) >= 11 is 1.57. The van der Waals surface area contributed by atoms with Crippen LogP contribution in [0, 0.1) is 6.92 Å². The molecule has 0 bridgehead atoms. The largest absolute Gasteiger partial charge is 0.497 e. The summed E-state index contributed by atoms with van der Waals surface area (Å²) in [6, 6.07) is 20.3. The molecule has 1 N–H and O–H groups in total. The fourth-order valence-corrected chi connectivity index (χ4v) is 3.48. The highest BCUT2D eigenvalue weighted by molar-refractivity contribution is 8.00. The molecule has 0 aliphatic rings. The zero-order valence-electron chi connectivity index (χ0n) is 14.4. The normalized spacial score (nSPS) is 10.6. The second-order valence-electron chi connectivity index (χ2n) is 5.88. The molecule has 0 radical (unpaired) electrons. The summed E-state index contributed by atoms with van der Waals surface area (Å²) in [6.07, 6.45) is 0. The van der Waals surface area contributed by atoms with E-state index in [2.05, 4.69) is 30.4 Å². The van der Waals surface area contributed by atoms with Crippen molar-refractivity contribution in [3.8, 4) is 5.75 Å². The van der Waals surface area contributed by atoms with Gasteiger partial charge in [-0.1, -0.05) is 36.4 Å². The summed E-state index contributed by atoms with van der Waals surface area (Å²) < 4.78 is 5.24. The molecular formula is C21H21NO2S. The Bertz CT molecular complexity index is 892. The highest BCUT2D eigenvalue weighted by Gasteiger charge is 2.05. The Morgan fingerprint density at radius 3 is 2.60 bits per heavy atom. The number of hydrogen-bond acceptors (Lipinski definition) is 3. The fourth-order valence-electron chi connectivity index (χ4n) is 2.62. The van der Waals surface area contributed by atoms with Crippen molar-refractivity contribution in [1.82, 2.24) is 5.32 Å². The van der Waals surface area contributed by atoms with Crippen LogP contribution in [0.15, 0.2) is 65.6 Å². The smallest absolute Gasteiger partial charge is 0.230 e. The Kier molecular flexibility index (Phi) is 5.61. The highest BCUT2D eigenvalue weighted by Crippen LogP contribution is 2.23. The van der Waals surface area contributed by atoms with Crippen LogP contribution < -0.4 is 10.1 Å². The van der Waals surface area contributed by atoms with Gasteiger partial charge in [-0.15, -0.1) is 11.8 Å². The number of methoxy groups -OCH3 is 1. The van der Waals surface area contributed by atoms with Gasteiger partial charge in [0.2, 0.25) is 5.91 Å². The van der Waals surface area contributed by atoms with Crippen molar-refractivity contribution < 1.29 is 9.53 Å². The van der Waals surface area contributed by atoms with Crippen LogP contribution in [0.4, 0.5) is 0 Å². The number of hydrogen-bond donors (Lipinski definition) is 1. The zero-order valence-corrected chi connectivity index (χ0v) is 15.2. The molecular weight excluding hydrogens is 330 g/mol. The minimum absolute atomic E-state index is 0.0445. The number of amides is 1. The van der Waals surface area contributed by atoms with Crippen molar-refractivity contribution >= 4 is 28.4 Å². The van der Waals surface area contributed by atoms with Crippen LogP contribution in [0.25, 0.3) is 10.8 Å². The van der Waals surface area contributed by atoms with Gasteiger partial charge in [0, 0.05) is 11.4 Å². The number of fused-ring (bicyclic) bond motifs is 1. The van der Waals surface area contributed by atoms with Crippen molar-refractivity contribution in [3.05, 3.63) is 71.8 Å². The molecule has 3 rings (SSSR count). The summed E-state index contributed by atoms with van der Waals surface area (Å²) in [5, 5.41) is 5.26. The summed E-state index contributed by atoms with van der Waals surface area (Å²) in [5.74, 6) is 1.32. The van der Waals surface area contributed by atoms with E-state index in [1.54, 1.807) is 18.9 Å². The van der Waals surface area contributed by atoms with Crippen LogP contribution in [0.5, 0.6) is 5.75 Å². The molecule has 0 heterocycles. The van der Waals surface area contributed by atoms with Crippen molar-refractivity contribution in [2.45, 2.75) is 18.4 Å². The Morgan fingerprint density at radius 1 is 1.04 bits per heavy atom. The summed E-state index contributed by atoms with van der Waals surface area (Å²) in [5.41, 5.74) is 2.29. The standard InChI is InChI=1S/C21H21NO2S/c1-15-5-3-4-6-20(15)25-14-21(23)22-13-16-7-8-18-12-19(24-2)10-9-17(18)11-16/h3-12H,13-14H2,1-2H3,(H,22,23). The Morgan fingerprint density at radius 2 is 1.80 bits per heavy atom. The number of nitrogens with one attached hydrogen (secondary N) is 1. The lowest BCUT2D eigenvalue weighted by Gasteiger charge is -2.08. The van der Waals surface area contributed by atoms with Crippen molar-refractivity contribution in [1.29, 1.82) is 0 Å². The number of benzene rings is 3. The van der Waals surface area contributed by atoms with Gasteiger partial charge in [0.1, 0.15) is 5.75 Å². The van der Waals surface area contributed by atoms with E-state index >= 15 is 0 Å². The van der Waals surface area contributed by atoms with E-state index in [1.165, 1.54) is 5.56 Å². The van der Waals surface area contributed by atoms with Crippen molar-refractivity contribution in [3.63, 3.8) is 0 Å².